The molecule has 1 aromatic carbocycles. The van der Waals surface area contributed by atoms with E-state index in [1.807, 2.05) is 0 Å². The monoisotopic (exact) mass is 348 g/mol. The molecule has 2 rings (SSSR count). The lowest BCUT2D eigenvalue weighted by Crippen LogP contribution is -2.19. The minimum absolute atomic E-state index is 0.0431. The number of ether oxygens (including phenoxy) is 1. The molecule has 1 heterocycles. The van der Waals surface area contributed by atoms with Crippen LogP contribution in [0.3, 0.4) is 0 Å². The van der Waals surface area contributed by atoms with Crippen molar-refractivity contribution in [3.8, 4) is 5.75 Å². The third-order valence-corrected chi connectivity index (χ3v) is 3.64. The van der Waals surface area contributed by atoms with Gasteiger partial charge in [-0.1, -0.05) is 0 Å². The van der Waals surface area contributed by atoms with Crippen LogP contribution in [0, 0.1) is 0 Å². The lowest BCUT2D eigenvalue weighted by Gasteiger charge is -2.00. The van der Waals surface area contributed by atoms with E-state index in [1.54, 1.807) is 0 Å². The average Bonchev–Trinajstić information content (AvgIpc) is 2.88. The number of benzene rings is 1. The molecule has 0 spiro atoms. The Morgan fingerprint density at radius 2 is 2.17 bits per heavy atom. The van der Waals surface area contributed by atoms with E-state index in [-0.39, 0.29) is 21.4 Å². The zero-order valence-corrected chi connectivity index (χ0v) is 13.2. The van der Waals surface area contributed by atoms with Crippen molar-refractivity contribution in [3.05, 3.63) is 40.3 Å². The minimum atomic E-state index is -0.773. The molecule has 9 nitrogen and oxygen atoms in total. The zero-order chi connectivity index (χ0) is 17.7. The number of primary amides is 1. The number of phenols is 1. The van der Waals surface area contributed by atoms with Crippen LogP contribution < -0.4 is 11.1 Å². The molecule has 0 unspecified atom stereocenters. The topological polar surface area (TPSA) is 143 Å². The Bertz CT molecular complexity index is 800. The lowest BCUT2D eigenvalue weighted by atomic mass is 10.1. The van der Waals surface area contributed by atoms with Gasteiger partial charge in [0, 0.05) is 6.08 Å². The second-order valence-electron chi connectivity index (χ2n) is 4.38. The SMILES string of the molecule is COC(=O)/C=C1/S/C(=N\N=Cc2ccc(O)c(C(N)=O)c2)NC1=O. The summed E-state index contributed by atoms with van der Waals surface area (Å²) in [5.74, 6) is -2.15. The summed E-state index contributed by atoms with van der Waals surface area (Å²) in [4.78, 5) is 34.0. The van der Waals surface area contributed by atoms with Gasteiger partial charge in [-0.25, -0.2) is 4.79 Å². The van der Waals surface area contributed by atoms with E-state index in [2.05, 4.69) is 20.3 Å². The Morgan fingerprint density at radius 1 is 1.42 bits per heavy atom. The minimum Gasteiger partial charge on any atom is -0.507 e. The Labute approximate surface area is 140 Å². The van der Waals surface area contributed by atoms with E-state index in [0.29, 0.717) is 5.56 Å². The average molecular weight is 348 g/mol. The van der Waals surface area contributed by atoms with Gasteiger partial charge in [0.15, 0.2) is 5.17 Å². The van der Waals surface area contributed by atoms with Gasteiger partial charge in [0.25, 0.3) is 11.8 Å². The molecule has 1 saturated heterocycles. The fourth-order valence-electron chi connectivity index (χ4n) is 1.62. The van der Waals surface area contributed by atoms with Gasteiger partial charge in [0.2, 0.25) is 0 Å². The van der Waals surface area contributed by atoms with Crippen molar-refractivity contribution in [2.45, 2.75) is 0 Å². The molecule has 2 amide bonds. The fourth-order valence-corrected chi connectivity index (χ4v) is 2.36. The number of hydrogen-bond donors (Lipinski definition) is 3. The molecule has 0 aromatic heterocycles. The highest BCUT2D eigenvalue weighted by molar-refractivity contribution is 8.18. The fraction of sp³-hybridized carbons (Fsp3) is 0.0714. The van der Waals surface area contributed by atoms with E-state index in [1.165, 1.54) is 31.5 Å². The van der Waals surface area contributed by atoms with Crippen LogP contribution in [0.2, 0.25) is 0 Å². The third-order valence-electron chi connectivity index (χ3n) is 2.74. The standard InChI is InChI=1S/C14H12N4O5S/c1-23-11(20)5-10-13(22)17-14(24-10)18-16-6-7-2-3-9(19)8(4-7)12(15)21/h2-6,19H,1H3,(H2,15,21)(H,17,18,22)/b10-5+,16-6?. The number of nitrogens with one attached hydrogen (secondary N) is 1. The number of amidine groups is 1. The third kappa shape index (κ3) is 4.20. The zero-order valence-electron chi connectivity index (χ0n) is 12.3. The molecule has 0 saturated carbocycles. The summed E-state index contributed by atoms with van der Waals surface area (Å²) in [5.41, 5.74) is 5.56. The maximum atomic E-state index is 11.6. The second-order valence-corrected chi connectivity index (χ2v) is 5.41. The van der Waals surface area contributed by atoms with Gasteiger partial charge in [-0.3, -0.25) is 14.9 Å². The molecular formula is C14H12N4O5S. The van der Waals surface area contributed by atoms with Gasteiger partial charge >= 0.3 is 5.97 Å². The molecule has 124 valence electrons. The van der Waals surface area contributed by atoms with Crippen LogP contribution in [-0.2, 0) is 14.3 Å². The van der Waals surface area contributed by atoms with E-state index < -0.39 is 17.8 Å². The number of carbonyl (C=O) groups is 3. The summed E-state index contributed by atoms with van der Waals surface area (Å²) in [6, 6.07) is 4.16. The van der Waals surface area contributed by atoms with Crippen LogP contribution in [-0.4, -0.2) is 41.4 Å². The van der Waals surface area contributed by atoms with Crippen LogP contribution in [0.1, 0.15) is 15.9 Å². The Balaban J connectivity index is 2.11. The first-order valence-corrected chi connectivity index (χ1v) is 7.25. The maximum Gasteiger partial charge on any atom is 0.331 e. The first-order chi connectivity index (χ1) is 11.4. The number of rotatable bonds is 4. The molecular weight excluding hydrogens is 336 g/mol. The van der Waals surface area contributed by atoms with Gasteiger partial charge in [0.1, 0.15) is 5.75 Å². The van der Waals surface area contributed by atoms with Gasteiger partial charge in [0.05, 0.1) is 23.8 Å². The smallest absolute Gasteiger partial charge is 0.331 e. The summed E-state index contributed by atoms with van der Waals surface area (Å²) in [5, 5.41) is 19.7. The summed E-state index contributed by atoms with van der Waals surface area (Å²) >= 11 is 0.930. The van der Waals surface area contributed by atoms with E-state index in [9.17, 15) is 19.5 Å². The van der Waals surface area contributed by atoms with E-state index >= 15 is 0 Å². The first-order valence-electron chi connectivity index (χ1n) is 6.43. The number of thioether (sulfide) groups is 1. The highest BCUT2D eigenvalue weighted by Gasteiger charge is 2.24. The van der Waals surface area contributed by atoms with E-state index in [4.69, 9.17) is 5.73 Å². The van der Waals surface area contributed by atoms with Crippen molar-refractivity contribution in [1.82, 2.24) is 5.32 Å². The number of carbonyl (C=O) groups excluding carboxylic acids is 3. The van der Waals surface area contributed by atoms with Crippen molar-refractivity contribution in [2.75, 3.05) is 7.11 Å². The predicted octanol–water partition coefficient (Wildman–Crippen LogP) is 0.101. The number of aromatic hydroxyl groups is 1. The first kappa shape index (κ1) is 17.2. The van der Waals surface area contributed by atoms with Crippen LogP contribution >= 0.6 is 11.8 Å². The van der Waals surface area contributed by atoms with Crippen molar-refractivity contribution >= 4 is 40.9 Å². The van der Waals surface area contributed by atoms with Crippen molar-refractivity contribution in [1.29, 1.82) is 0 Å². The number of methoxy groups -OCH3 is 1. The van der Waals surface area contributed by atoms with Crippen LogP contribution in [0.4, 0.5) is 0 Å². The van der Waals surface area contributed by atoms with Crippen LogP contribution in [0.5, 0.6) is 5.75 Å². The summed E-state index contributed by atoms with van der Waals surface area (Å²) in [6.45, 7) is 0. The molecule has 1 fully saturated rings. The quantitative estimate of drug-likeness (QED) is 0.305. The summed E-state index contributed by atoms with van der Waals surface area (Å²) in [6.07, 6.45) is 2.36. The Hall–Kier alpha value is -3.14. The predicted molar refractivity (Wildman–Crippen MR) is 87.5 cm³/mol. The van der Waals surface area contributed by atoms with Crippen molar-refractivity contribution < 1.29 is 24.2 Å². The number of nitrogens with zero attached hydrogens (tertiary/aromatic N) is 2. The highest BCUT2D eigenvalue weighted by Crippen LogP contribution is 2.23. The molecule has 10 heteroatoms. The number of esters is 1. The Kier molecular flexibility index (Phi) is 5.32. The molecule has 0 bridgehead atoms. The lowest BCUT2D eigenvalue weighted by molar-refractivity contribution is -0.135. The molecule has 0 aliphatic carbocycles. The van der Waals surface area contributed by atoms with Gasteiger partial charge in [-0.05, 0) is 35.5 Å². The van der Waals surface area contributed by atoms with Gasteiger partial charge in [-0.2, -0.15) is 5.10 Å². The molecule has 1 aliphatic rings. The van der Waals surface area contributed by atoms with Crippen LogP contribution in [0.25, 0.3) is 0 Å². The molecule has 24 heavy (non-hydrogen) atoms. The van der Waals surface area contributed by atoms with Crippen molar-refractivity contribution in [3.63, 3.8) is 0 Å². The summed E-state index contributed by atoms with van der Waals surface area (Å²) in [7, 11) is 1.20. The Morgan fingerprint density at radius 3 is 2.83 bits per heavy atom. The van der Waals surface area contributed by atoms with Gasteiger partial charge in [-0.15, -0.1) is 5.10 Å². The highest BCUT2D eigenvalue weighted by atomic mass is 32.2. The van der Waals surface area contributed by atoms with Crippen molar-refractivity contribution in [2.24, 2.45) is 15.9 Å². The second kappa shape index (κ2) is 7.42. The van der Waals surface area contributed by atoms with E-state index in [0.717, 1.165) is 17.8 Å². The van der Waals surface area contributed by atoms with Gasteiger partial charge < -0.3 is 15.6 Å². The van der Waals surface area contributed by atoms with Crippen LogP contribution in [0.15, 0.2) is 39.4 Å². The molecule has 4 N–H and O–H groups in total. The molecule has 1 aliphatic heterocycles. The number of hydrogen-bond acceptors (Lipinski definition) is 8. The molecule has 1 aromatic rings. The summed E-state index contributed by atoms with van der Waals surface area (Å²) < 4.78 is 4.44. The molecule has 0 atom stereocenters. The number of amides is 2. The largest absolute Gasteiger partial charge is 0.507 e. The maximum absolute atomic E-state index is 11.6. The number of nitrogens with two attached hydrogens (primary N) is 1. The normalized spacial score (nSPS) is 17.5. The molecule has 0 radical (unpaired) electrons.